The van der Waals surface area contributed by atoms with Crippen molar-refractivity contribution < 1.29 is 5.11 Å². The van der Waals surface area contributed by atoms with E-state index in [2.05, 4.69) is 0 Å². The molecule has 0 saturated carbocycles. The van der Waals surface area contributed by atoms with Crippen molar-refractivity contribution in [1.29, 1.82) is 0 Å². The topological polar surface area (TPSA) is 72.3 Å². The highest BCUT2D eigenvalue weighted by atomic mass is 16.3. The SMILES string of the molecule is NC=CCCC(N)O. The quantitative estimate of drug-likeness (QED) is 0.436. The normalized spacial score (nSPS) is 14.8. The van der Waals surface area contributed by atoms with Crippen LogP contribution in [0.1, 0.15) is 12.8 Å². The molecule has 0 aliphatic rings. The highest BCUT2D eigenvalue weighted by Gasteiger charge is 1.89. The molecule has 3 nitrogen and oxygen atoms in total. The predicted octanol–water partition coefficient (Wildman–Crippen LogP) is -0.484. The smallest absolute Gasteiger partial charge is 0.102 e. The summed E-state index contributed by atoms with van der Waals surface area (Å²) in [5, 5.41) is 8.48. The van der Waals surface area contributed by atoms with E-state index in [1.54, 1.807) is 6.08 Å². The molecule has 1 atom stereocenters. The van der Waals surface area contributed by atoms with Crippen LogP contribution in [0.5, 0.6) is 0 Å². The van der Waals surface area contributed by atoms with E-state index in [9.17, 15) is 0 Å². The molecule has 0 aliphatic heterocycles. The largest absolute Gasteiger partial charge is 0.405 e. The molecule has 0 radical (unpaired) electrons. The second kappa shape index (κ2) is 4.61. The molecule has 8 heavy (non-hydrogen) atoms. The lowest BCUT2D eigenvalue weighted by Gasteiger charge is -1.97. The summed E-state index contributed by atoms with van der Waals surface area (Å²) in [7, 11) is 0. The van der Waals surface area contributed by atoms with Gasteiger partial charge in [0.1, 0.15) is 6.23 Å². The van der Waals surface area contributed by atoms with Crippen LogP contribution in [-0.4, -0.2) is 11.3 Å². The van der Waals surface area contributed by atoms with E-state index < -0.39 is 6.23 Å². The number of aliphatic hydroxyl groups is 1. The van der Waals surface area contributed by atoms with Gasteiger partial charge in [-0.3, -0.25) is 0 Å². The Hall–Kier alpha value is -0.540. The lowest BCUT2D eigenvalue weighted by Crippen LogP contribution is -2.17. The molecule has 48 valence electrons. The first-order valence-electron chi connectivity index (χ1n) is 2.57. The molecule has 0 rings (SSSR count). The van der Waals surface area contributed by atoms with Gasteiger partial charge < -0.3 is 16.6 Å². The minimum atomic E-state index is -0.703. The van der Waals surface area contributed by atoms with Crippen LogP contribution in [0.2, 0.25) is 0 Å². The van der Waals surface area contributed by atoms with E-state index in [0.717, 1.165) is 6.42 Å². The Labute approximate surface area is 49.0 Å². The van der Waals surface area contributed by atoms with Crippen LogP contribution >= 0.6 is 0 Å². The molecule has 0 aliphatic carbocycles. The molecule has 0 amide bonds. The molecule has 0 heterocycles. The predicted molar refractivity (Wildman–Crippen MR) is 32.8 cm³/mol. The zero-order valence-corrected chi connectivity index (χ0v) is 4.75. The van der Waals surface area contributed by atoms with Gasteiger partial charge in [-0.2, -0.15) is 0 Å². The number of hydrogen-bond acceptors (Lipinski definition) is 3. The Balaban J connectivity index is 2.93. The summed E-state index contributed by atoms with van der Waals surface area (Å²) in [6.45, 7) is 0. The summed E-state index contributed by atoms with van der Waals surface area (Å²) in [4.78, 5) is 0. The Bertz CT molecular complexity index is 70.8. The average molecular weight is 116 g/mol. The molecule has 3 heteroatoms. The molecule has 0 bridgehead atoms. The molecular weight excluding hydrogens is 104 g/mol. The Kier molecular flexibility index (Phi) is 4.30. The van der Waals surface area contributed by atoms with E-state index >= 15 is 0 Å². The van der Waals surface area contributed by atoms with Gasteiger partial charge in [0.25, 0.3) is 0 Å². The Morgan fingerprint density at radius 3 is 2.62 bits per heavy atom. The standard InChI is InChI=1S/C5H12N2O/c6-4-2-1-3-5(7)8/h2,4-5,8H,1,3,6-7H2. The van der Waals surface area contributed by atoms with Crippen LogP contribution in [0.25, 0.3) is 0 Å². The molecule has 0 aromatic carbocycles. The van der Waals surface area contributed by atoms with Crippen LogP contribution in [0.15, 0.2) is 12.3 Å². The maximum Gasteiger partial charge on any atom is 0.102 e. The van der Waals surface area contributed by atoms with Crippen LogP contribution in [0, 0.1) is 0 Å². The monoisotopic (exact) mass is 116 g/mol. The van der Waals surface area contributed by atoms with Gasteiger partial charge in [-0.1, -0.05) is 6.08 Å². The van der Waals surface area contributed by atoms with Gasteiger partial charge in [0.2, 0.25) is 0 Å². The van der Waals surface area contributed by atoms with Crippen molar-refractivity contribution in [2.45, 2.75) is 19.1 Å². The van der Waals surface area contributed by atoms with Gasteiger partial charge in [0.15, 0.2) is 0 Å². The molecule has 0 saturated heterocycles. The molecule has 5 N–H and O–H groups in total. The summed E-state index contributed by atoms with van der Waals surface area (Å²) in [6.07, 6.45) is 3.83. The summed E-state index contributed by atoms with van der Waals surface area (Å²) < 4.78 is 0. The fourth-order valence-corrected chi connectivity index (χ4v) is 0.363. The van der Waals surface area contributed by atoms with Crippen molar-refractivity contribution in [3.8, 4) is 0 Å². The van der Waals surface area contributed by atoms with E-state index in [1.165, 1.54) is 6.20 Å². The van der Waals surface area contributed by atoms with E-state index in [4.69, 9.17) is 16.6 Å². The zero-order chi connectivity index (χ0) is 6.41. The first kappa shape index (κ1) is 7.46. The summed E-state index contributed by atoms with van der Waals surface area (Å²) >= 11 is 0. The molecule has 0 spiro atoms. The molecular formula is C5H12N2O. The maximum atomic E-state index is 8.48. The first-order chi connectivity index (χ1) is 3.77. The van der Waals surface area contributed by atoms with E-state index in [1.807, 2.05) is 0 Å². The summed E-state index contributed by atoms with van der Waals surface area (Å²) in [5.41, 5.74) is 10.0. The maximum absolute atomic E-state index is 8.48. The van der Waals surface area contributed by atoms with Gasteiger partial charge in [-0.05, 0) is 19.0 Å². The lowest BCUT2D eigenvalue weighted by molar-refractivity contribution is 0.173. The number of aliphatic hydroxyl groups excluding tert-OH is 1. The Morgan fingerprint density at radius 1 is 1.62 bits per heavy atom. The van der Waals surface area contributed by atoms with Gasteiger partial charge in [-0.15, -0.1) is 0 Å². The highest BCUT2D eigenvalue weighted by molar-refractivity contribution is 4.75. The molecule has 0 aromatic rings. The molecule has 0 aromatic heterocycles. The second-order valence-corrected chi connectivity index (χ2v) is 1.57. The fraction of sp³-hybridized carbons (Fsp3) is 0.600. The van der Waals surface area contributed by atoms with E-state index in [-0.39, 0.29) is 0 Å². The van der Waals surface area contributed by atoms with Crippen LogP contribution < -0.4 is 11.5 Å². The summed E-state index contributed by atoms with van der Waals surface area (Å²) in [6, 6.07) is 0. The van der Waals surface area contributed by atoms with Gasteiger partial charge in [0, 0.05) is 0 Å². The number of nitrogens with two attached hydrogens (primary N) is 2. The summed E-state index contributed by atoms with van der Waals surface area (Å²) in [5.74, 6) is 0. The third-order valence-corrected chi connectivity index (χ3v) is 0.765. The molecule has 0 fully saturated rings. The van der Waals surface area contributed by atoms with Gasteiger partial charge in [-0.25, -0.2) is 0 Å². The molecule has 1 unspecified atom stereocenters. The zero-order valence-electron chi connectivity index (χ0n) is 4.75. The lowest BCUT2D eigenvalue weighted by atomic mass is 10.3. The number of hydrogen-bond donors (Lipinski definition) is 3. The minimum absolute atomic E-state index is 0.577. The van der Waals surface area contributed by atoms with Crippen molar-refractivity contribution in [3.05, 3.63) is 12.3 Å². The second-order valence-electron chi connectivity index (χ2n) is 1.57. The van der Waals surface area contributed by atoms with Crippen molar-refractivity contribution >= 4 is 0 Å². The minimum Gasteiger partial charge on any atom is -0.405 e. The van der Waals surface area contributed by atoms with Crippen LogP contribution in [0.3, 0.4) is 0 Å². The Morgan fingerprint density at radius 2 is 2.25 bits per heavy atom. The average Bonchev–Trinajstić information content (AvgIpc) is 1.66. The number of rotatable bonds is 3. The highest BCUT2D eigenvalue weighted by Crippen LogP contribution is 1.90. The van der Waals surface area contributed by atoms with Crippen LogP contribution in [0.4, 0.5) is 0 Å². The fourth-order valence-electron chi connectivity index (χ4n) is 0.363. The van der Waals surface area contributed by atoms with E-state index in [0.29, 0.717) is 6.42 Å². The van der Waals surface area contributed by atoms with Crippen molar-refractivity contribution in [2.24, 2.45) is 11.5 Å². The third-order valence-electron chi connectivity index (χ3n) is 0.765. The van der Waals surface area contributed by atoms with Crippen molar-refractivity contribution in [1.82, 2.24) is 0 Å². The first-order valence-corrected chi connectivity index (χ1v) is 2.57. The van der Waals surface area contributed by atoms with Crippen molar-refractivity contribution in [2.75, 3.05) is 0 Å². The van der Waals surface area contributed by atoms with Crippen molar-refractivity contribution in [3.63, 3.8) is 0 Å². The number of allylic oxidation sites excluding steroid dienone is 1. The van der Waals surface area contributed by atoms with Gasteiger partial charge >= 0.3 is 0 Å². The third kappa shape index (κ3) is 5.46. The van der Waals surface area contributed by atoms with Crippen LogP contribution in [-0.2, 0) is 0 Å². The van der Waals surface area contributed by atoms with Gasteiger partial charge in [0.05, 0.1) is 0 Å².